The molecule has 0 aromatic carbocycles. The van der Waals surface area contributed by atoms with Crippen LogP contribution in [-0.2, 0) is 0 Å². The average molecular weight is 240 g/mol. The maximum absolute atomic E-state index is 12.3. The van der Waals surface area contributed by atoms with Crippen LogP contribution in [0.25, 0.3) is 0 Å². The van der Waals surface area contributed by atoms with Crippen molar-refractivity contribution in [3.63, 3.8) is 0 Å². The summed E-state index contributed by atoms with van der Waals surface area (Å²) in [6.45, 7) is 6.46. The maximum atomic E-state index is 12.3. The maximum Gasteiger partial charge on any atom is 0.401 e. The summed E-state index contributed by atoms with van der Waals surface area (Å²) in [7, 11) is 0. The van der Waals surface area contributed by atoms with Crippen molar-refractivity contribution in [3.05, 3.63) is 0 Å². The van der Waals surface area contributed by atoms with Crippen LogP contribution in [0.2, 0.25) is 0 Å². The summed E-state index contributed by atoms with van der Waals surface area (Å²) in [5.41, 5.74) is 5.47. The van der Waals surface area contributed by atoms with Crippen molar-refractivity contribution in [3.8, 4) is 0 Å². The van der Waals surface area contributed by atoms with Gasteiger partial charge in [-0.1, -0.05) is 20.8 Å². The SMILES string of the molecule is CCCN(CCC(C)(C)CN)CC(F)(F)F. The molecule has 98 valence electrons. The molecular weight excluding hydrogens is 217 g/mol. The molecule has 0 atom stereocenters. The number of nitrogens with zero attached hydrogens (tertiary/aromatic N) is 1. The second-order valence-electron chi connectivity index (χ2n) is 5.01. The zero-order chi connectivity index (χ0) is 12.8. The van der Waals surface area contributed by atoms with E-state index in [2.05, 4.69) is 0 Å². The molecule has 0 aliphatic heterocycles. The Hall–Kier alpha value is -0.290. The first-order valence-electron chi connectivity index (χ1n) is 5.69. The fourth-order valence-electron chi connectivity index (χ4n) is 1.40. The second-order valence-corrected chi connectivity index (χ2v) is 5.01. The van der Waals surface area contributed by atoms with Crippen LogP contribution >= 0.6 is 0 Å². The molecule has 0 aliphatic rings. The first-order chi connectivity index (χ1) is 7.20. The molecule has 0 spiro atoms. The predicted molar refractivity (Wildman–Crippen MR) is 60.2 cm³/mol. The Morgan fingerprint density at radius 1 is 1.12 bits per heavy atom. The number of hydrogen-bond donors (Lipinski definition) is 1. The van der Waals surface area contributed by atoms with E-state index in [1.165, 1.54) is 4.90 Å². The summed E-state index contributed by atoms with van der Waals surface area (Å²) in [6, 6.07) is 0. The van der Waals surface area contributed by atoms with E-state index in [-0.39, 0.29) is 5.41 Å². The van der Waals surface area contributed by atoms with Gasteiger partial charge in [0.15, 0.2) is 0 Å². The van der Waals surface area contributed by atoms with Crippen LogP contribution in [0.15, 0.2) is 0 Å². The molecule has 5 heteroatoms. The summed E-state index contributed by atoms with van der Waals surface area (Å²) in [5, 5.41) is 0. The topological polar surface area (TPSA) is 29.3 Å². The lowest BCUT2D eigenvalue weighted by atomic mass is 9.89. The van der Waals surface area contributed by atoms with Gasteiger partial charge < -0.3 is 5.73 Å². The van der Waals surface area contributed by atoms with Gasteiger partial charge in [-0.3, -0.25) is 4.90 Å². The van der Waals surface area contributed by atoms with Crippen LogP contribution in [0.1, 0.15) is 33.6 Å². The van der Waals surface area contributed by atoms with Gasteiger partial charge in [-0.05, 0) is 37.9 Å². The third-order valence-corrected chi connectivity index (χ3v) is 2.60. The third kappa shape index (κ3) is 7.93. The van der Waals surface area contributed by atoms with Gasteiger partial charge in [-0.15, -0.1) is 0 Å². The zero-order valence-electron chi connectivity index (χ0n) is 10.4. The fraction of sp³-hybridized carbons (Fsp3) is 1.00. The molecular formula is C11H23F3N2. The predicted octanol–water partition coefficient (Wildman–Crippen LogP) is 2.64. The van der Waals surface area contributed by atoms with Crippen molar-refractivity contribution in [2.75, 3.05) is 26.2 Å². The van der Waals surface area contributed by atoms with Gasteiger partial charge in [0.2, 0.25) is 0 Å². The Morgan fingerprint density at radius 3 is 2.06 bits per heavy atom. The number of rotatable bonds is 7. The molecule has 0 radical (unpaired) electrons. The van der Waals surface area contributed by atoms with Gasteiger partial charge in [0.1, 0.15) is 0 Å². The van der Waals surface area contributed by atoms with Crippen LogP contribution in [0.3, 0.4) is 0 Å². The number of hydrogen-bond acceptors (Lipinski definition) is 2. The van der Waals surface area contributed by atoms with Gasteiger partial charge in [0.05, 0.1) is 6.54 Å². The van der Waals surface area contributed by atoms with Gasteiger partial charge in [0, 0.05) is 0 Å². The van der Waals surface area contributed by atoms with E-state index >= 15 is 0 Å². The highest BCUT2D eigenvalue weighted by molar-refractivity contribution is 4.73. The largest absolute Gasteiger partial charge is 0.401 e. The Labute approximate surface area is 96.0 Å². The van der Waals surface area contributed by atoms with Crippen molar-refractivity contribution < 1.29 is 13.2 Å². The molecule has 0 aromatic heterocycles. The van der Waals surface area contributed by atoms with Crippen LogP contribution in [0.5, 0.6) is 0 Å². The minimum atomic E-state index is -4.11. The quantitative estimate of drug-likeness (QED) is 0.741. The molecule has 0 aromatic rings. The summed E-state index contributed by atoms with van der Waals surface area (Å²) < 4.78 is 36.8. The van der Waals surface area contributed by atoms with Crippen molar-refractivity contribution in [1.82, 2.24) is 4.90 Å². The average Bonchev–Trinajstić information content (AvgIpc) is 2.13. The van der Waals surface area contributed by atoms with Crippen LogP contribution < -0.4 is 5.73 Å². The molecule has 0 bridgehead atoms. The van der Waals surface area contributed by atoms with E-state index in [1.54, 1.807) is 0 Å². The van der Waals surface area contributed by atoms with Crippen LogP contribution in [-0.4, -0.2) is 37.3 Å². The monoisotopic (exact) mass is 240 g/mol. The minimum absolute atomic E-state index is 0.0857. The molecule has 0 unspecified atom stereocenters. The molecule has 0 saturated heterocycles. The van der Waals surface area contributed by atoms with E-state index in [0.29, 0.717) is 26.1 Å². The third-order valence-electron chi connectivity index (χ3n) is 2.60. The summed E-state index contributed by atoms with van der Waals surface area (Å²) >= 11 is 0. The lowest BCUT2D eigenvalue weighted by molar-refractivity contribution is -0.146. The van der Waals surface area contributed by atoms with Crippen molar-refractivity contribution >= 4 is 0 Å². The van der Waals surface area contributed by atoms with Crippen LogP contribution in [0, 0.1) is 5.41 Å². The highest BCUT2D eigenvalue weighted by Gasteiger charge is 2.30. The van der Waals surface area contributed by atoms with E-state index in [9.17, 15) is 13.2 Å². The molecule has 16 heavy (non-hydrogen) atoms. The van der Waals surface area contributed by atoms with Crippen molar-refractivity contribution in [1.29, 1.82) is 0 Å². The lowest BCUT2D eigenvalue weighted by Crippen LogP contribution is -2.38. The zero-order valence-corrected chi connectivity index (χ0v) is 10.4. The van der Waals surface area contributed by atoms with E-state index in [1.807, 2.05) is 20.8 Å². The first kappa shape index (κ1) is 15.7. The second kappa shape index (κ2) is 6.45. The molecule has 2 nitrogen and oxygen atoms in total. The van der Waals surface area contributed by atoms with E-state index in [4.69, 9.17) is 5.73 Å². The lowest BCUT2D eigenvalue weighted by Gasteiger charge is -2.28. The molecule has 0 fully saturated rings. The highest BCUT2D eigenvalue weighted by atomic mass is 19.4. The Kier molecular flexibility index (Phi) is 6.33. The summed E-state index contributed by atoms with van der Waals surface area (Å²) in [4.78, 5) is 1.46. The molecule has 0 rings (SSSR count). The Morgan fingerprint density at radius 2 is 1.69 bits per heavy atom. The van der Waals surface area contributed by atoms with E-state index < -0.39 is 12.7 Å². The number of halogens is 3. The first-order valence-corrected chi connectivity index (χ1v) is 5.69. The molecule has 2 N–H and O–H groups in total. The van der Waals surface area contributed by atoms with Crippen molar-refractivity contribution in [2.24, 2.45) is 11.1 Å². The van der Waals surface area contributed by atoms with Gasteiger partial charge >= 0.3 is 6.18 Å². The van der Waals surface area contributed by atoms with Gasteiger partial charge in [0.25, 0.3) is 0 Å². The van der Waals surface area contributed by atoms with Gasteiger partial charge in [-0.25, -0.2) is 0 Å². The number of alkyl halides is 3. The fourth-order valence-corrected chi connectivity index (χ4v) is 1.40. The minimum Gasteiger partial charge on any atom is -0.330 e. The molecule has 0 saturated carbocycles. The normalized spacial score (nSPS) is 13.5. The summed E-state index contributed by atoms with van der Waals surface area (Å²) in [5.74, 6) is 0. The molecule has 0 heterocycles. The van der Waals surface area contributed by atoms with Gasteiger partial charge in [-0.2, -0.15) is 13.2 Å². The van der Waals surface area contributed by atoms with Crippen molar-refractivity contribution in [2.45, 2.75) is 39.8 Å². The van der Waals surface area contributed by atoms with Crippen LogP contribution in [0.4, 0.5) is 13.2 Å². The standard InChI is InChI=1S/C11H23F3N2/c1-4-6-16(9-11(12,13)14)7-5-10(2,3)8-15/h4-9,15H2,1-3H3. The smallest absolute Gasteiger partial charge is 0.330 e. The number of nitrogens with two attached hydrogens (primary N) is 1. The van der Waals surface area contributed by atoms with E-state index in [0.717, 1.165) is 6.42 Å². The molecule has 0 aliphatic carbocycles. The Balaban J connectivity index is 4.14. The Bertz CT molecular complexity index is 190. The highest BCUT2D eigenvalue weighted by Crippen LogP contribution is 2.21. The molecule has 0 amide bonds. The summed E-state index contributed by atoms with van der Waals surface area (Å²) in [6.07, 6.45) is -2.68.